The number of carbonyl (C=O) groups is 2. The molecule has 0 spiro atoms. The number of thiophene rings is 1. The highest BCUT2D eigenvalue weighted by Gasteiger charge is 2.31. The molecule has 0 amide bonds. The average Bonchev–Trinajstić information content (AvgIpc) is 3.51. The van der Waals surface area contributed by atoms with E-state index >= 15 is 0 Å². The molecular formula is C33H33Cl2N3O7S. The average molecular weight is 687 g/mol. The first-order chi connectivity index (χ1) is 22.1. The lowest BCUT2D eigenvalue weighted by Crippen LogP contribution is -2.51. The summed E-state index contributed by atoms with van der Waals surface area (Å²) < 4.78 is 23.1. The minimum absolute atomic E-state index is 0.0944. The van der Waals surface area contributed by atoms with Crippen molar-refractivity contribution < 1.29 is 33.3 Å². The van der Waals surface area contributed by atoms with Gasteiger partial charge < -0.3 is 24.2 Å². The Kier molecular flexibility index (Phi) is 11.0. The van der Waals surface area contributed by atoms with Crippen LogP contribution in [0.25, 0.3) is 0 Å². The monoisotopic (exact) mass is 685 g/mol. The normalized spacial score (nSPS) is 14.6. The Balaban J connectivity index is 1.32. The van der Waals surface area contributed by atoms with Gasteiger partial charge in [0.1, 0.15) is 33.2 Å². The maximum Gasteiger partial charge on any atom is 0.348 e. The molecule has 4 aromatic rings. The lowest BCUT2D eigenvalue weighted by molar-refractivity contribution is -0.605. The molecule has 1 fully saturated rings. The molecule has 3 heterocycles. The summed E-state index contributed by atoms with van der Waals surface area (Å²) in [5, 5.41) is 15.4. The molecule has 13 heteroatoms. The highest BCUT2D eigenvalue weighted by atomic mass is 35.5. The lowest BCUT2D eigenvalue weighted by Gasteiger charge is -2.36. The van der Waals surface area contributed by atoms with Crippen LogP contribution in [0.3, 0.4) is 0 Å². The van der Waals surface area contributed by atoms with Crippen LogP contribution >= 0.6 is 34.5 Å². The molecule has 1 aliphatic heterocycles. The zero-order valence-electron chi connectivity index (χ0n) is 25.4. The fourth-order valence-electron chi connectivity index (χ4n) is 5.10. The van der Waals surface area contributed by atoms with Crippen LogP contribution in [0.2, 0.25) is 10.0 Å². The van der Waals surface area contributed by atoms with E-state index in [9.17, 15) is 14.8 Å². The molecule has 0 radical (unpaired) electrons. The number of nitrogens with zero attached hydrogens (tertiary/aromatic N) is 2. The van der Waals surface area contributed by atoms with Crippen LogP contribution in [-0.4, -0.2) is 57.3 Å². The van der Waals surface area contributed by atoms with Gasteiger partial charge in [-0.2, -0.15) is 4.73 Å². The summed E-state index contributed by atoms with van der Waals surface area (Å²) in [6.07, 6.45) is 1.51. The fourth-order valence-corrected chi connectivity index (χ4v) is 6.54. The van der Waals surface area contributed by atoms with Crippen LogP contribution < -0.4 is 19.5 Å². The van der Waals surface area contributed by atoms with Gasteiger partial charge in [0.15, 0.2) is 23.9 Å². The van der Waals surface area contributed by atoms with E-state index in [1.165, 1.54) is 38.0 Å². The number of pyridine rings is 1. The molecule has 1 saturated heterocycles. The van der Waals surface area contributed by atoms with Crippen molar-refractivity contribution in [2.45, 2.75) is 31.2 Å². The predicted molar refractivity (Wildman–Crippen MR) is 175 cm³/mol. The second-order valence-electron chi connectivity index (χ2n) is 10.8. The number of ether oxygens (including phenoxy) is 4. The number of halogens is 2. The second kappa shape index (κ2) is 15.1. The molecule has 10 nitrogen and oxygen atoms in total. The molecule has 2 aromatic carbocycles. The van der Waals surface area contributed by atoms with E-state index in [1.807, 2.05) is 43.4 Å². The number of likely N-dealkylation sites (tertiary alicyclic amines) is 1. The van der Waals surface area contributed by atoms with Gasteiger partial charge in [-0.25, -0.2) is 9.59 Å². The summed E-state index contributed by atoms with van der Waals surface area (Å²) in [4.78, 5) is 29.9. The maximum absolute atomic E-state index is 13.5. The number of hydrogen-bond acceptors (Lipinski definition) is 10. The molecule has 46 heavy (non-hydrogen) atoms. The Morgan fingerprint density at radius 1 is 1.00 bits per heavy atom. The Hall–Kier alpha value is -3.87. The van der Waals surface area contributed by atoms with Crippen molar-refractivity contribution in [1.29, 1.82) is 0 Å². The summed E-state index contributed by atoms with van der Waals surface area (Å²) in [6.45, 7) is 1.73. The minimum Gasteiger partial charge on any atom is -0.619 e. The van der Waals surface area contributed by atoms with E-state index in [-0.39, 0.29) is 28.5 Å². The molecule has 0 bridgehead atoms. The Morgan fingerprint density at radius 2 is 1.70 bits per heavy atom. The molecule has 1 aliphatic rings. The maximum atomic E-state index is 13.5. The quantitative estimate of drug-likeness (QED) is 0.110. The van der Waals surface area contributed by atoms with Gasteiger partial charge in [0, 0.05) is 36.5 Å². The van der Waals surface area contributed by atoms with Crippen molar-refractivity contribution in [3.05, 3.63) is 115 Å². The van der Waals surface area contributed by atoms with E-state index in [0.29, 0.717) is 51.9 Å². The number of esters is 2. The number of aromatic nitrogens is 1. The number of likely N-dealkylation sites (N-methyl/N-ethyl adjacent to an activating group) is 1. The molecule has 1 N–H and O–H groups in total. The van der Waals surface area contributed by atoms with Crippen LogP contribution in [0.4, 0.5) is 0 Å². The zero-order valence-corrected chi connectivity index (χ0v) is 27.7. The fraction of sp³-hybridized carbons (Fsp3) is 0.303. The van der Waals surface area contributed by atoms with Crippen LogP contribution in [0.15, 0.2) is 73.1 Å². The summed E-state index contributed by atoms with van der Waals surface area (Å²) in [6, 6.07) is 17.4. The number of rotatable bonds is 13. The van der Waals surface area contributed by atoms with Gasteiger partial charge in [0.2, 0.25) is 0 Å². The molecule has 0 aliphatic carbocycles. The number of methoxy groups -OCH3 is 2. The van der Waals surface area contributed by atoms with Crippen molar-refractivity contribution >= 4 is 46.5 Å². The van der Waals surface area contributed by atoms with Crippen LogP contribution in [0.1, 0.15) is 43.4 Å². The van der Waals surface area contributed by atoms with Crippen LogP contribution in [0.5, 0.6) is 11.5 Å². The van der Waals surface area contributed by atoms with Gasteiger partial charge in [-0.3, -0.25) is 10.2 Å². The summed E-state index contributed by atoms with van der Waals surface area (Å²) in [5.74, 6) is 0.0434. The van der Waals surface area contributed by atoms with Gasteiger partial charge in [-0.15, -0.1) is 11.3 Å². The van der Waals surface area contributed by atoms with Crippen molar-refractivity contribution in [2.24, 2.45) is 0 Å². The second-order valence-corrected chi connectivity index (χ2v) is 12.8. The lowest BCUT2D eigenvalue weighted by atomic mass is 10.0. The number of carbonyl (C=O) groups excluding carboxylic acids is 2. The van der Waals surface area contributed by atoms with E-state index in [2.05, 4.69) is 10.2 Å². The van der Waals surface area contributed by atoms with Crippen molar-refractivity contribution in [3.63, 3.8) is 0 Å². The van der Waals surface area contributed by atoms with E-state index in [4.69, 9.17) is 42.1 Å². The first-order valence-corrected chi connectivity index (χ1v) is 16.0. The SMILES string of the molecule is COc1ccc([C@H](Cc2c(Cl)c[n+]([O-])cc2Cl)OC(=O)c2ccc(CNC(C(=O)OC3CN(C)C3)c3ccccc3)s2)cc1OC. The van der Waals surface area contributed by atoms with E-state index < -0.39 is 18.1 Å². The zero-order chi connectivity index (χ0) is 32.8. The van der Waals surface area contributed by atoms with E-state index in [1.54, 1.807) is 24.3 Å². The molecule has 0 saturated carbocycles. The summed E-state index contributed by atoms with van der Waals surface area (Å²) >= 11 is 14.0. The number of nitrogens with one attached hydrogen (secondary N) is 1. The number of benzene rings is 2. The molecule has 1 unspecified atom stereocenters. The third kappa shape index (κ3) is 8.09. The van der Waals surface area contributed by atoms with Crippen LogP contribution in [0, 0.1) is 5.21 Å². The van der Waals surface area contributed by atoms with Crippen molar-refractivity contribution in [1.82, 2.24) is 10.2 Å². The minimum atomic E-state index is -0.837. The summed E-state index contributed by atoms with van der Waals surface area (Å²) in [7, 11) is 5.01. The molecule has 242 valence electrons. The first kappa shape index (κ1) is 33.5. The molecule has 2 aromatic heterocycles. The molecular weight excluding hydrogens is 653 g/mol. The largest absolute Gasteiger partial charge is 0.619 e. The van der Waals surface area contributed by atoms with Gasteiger partial charge in [-0.1, -0.05) is 59.6 Å². The van der Waals surface area contributed by atoms with Gasteiger partial charge in [0.25, 0.3) is 0 Å². The highest BCUT2D eigenvalue weighted by Crippen LogP contribution is 2.36. The van der Waals surface area contributed by atoms with Gasteiger partial charge >= 0.3 is 11.9 Å². The predicted octanol–water partition coefficient (Wildman–Crippen LogP) is 5.53. The van der Waals surface area contributed by atoms with Crippen molar-refractivity contribution in [3.8, 4) is 11.5 Å². The van der Waals surface area contributed by atoms with Gasteiger partial charge in [0.05, 0.1) is 14.2 Å². The smallest absolute Gasteiger partial charge is 0.348 e. The first-order valence-electron chi connectivity index (χ1n) is 14.4. The van der Waals surface area contributed by atoms with E-state index in [0.717, 1.165) is 10.4 Å². The molecule has 5 rings (SSSR count). The highest BCUT2D eigenvalue weighted by molar-refractivity contribution is 7.13. The van der Waals surface area contributed by atoms with Crippen molar-refractivity contribution in [2.75, 3.05) is 34.4 Å². The third-order valence-electron chi connectivity index (χ3n) is 7.50. The Bertz CT molecular complexity index is 1660. The van der Waals surface area contributed by atoms with Gasteiger partial charge in [-0.05, 0) is 42.4 Å². The van der Waals surface area contributed by atoms with Crippen LogP contribution in [-0.2, 0) is 27.2 Å². The Morgan fingerprint density at radius 3 is 2.35 bits per heavy atom. The molecule has 2 atom stereocenters. The summed E-state index contributed by atoms with van der Waals surface area (Å²) in [5.41, 5.74) is 1.85. The third-order valence-corrected chi connectivity index (χ3v) is 9.22. The Labute approximate surface area is 280 Å². The standard InChI is InChI=1S/C33H33Cl2N3O7S/c1-37-16-22(17-37)44-33(40)31(20-7-5-4-6-8-20)36-15-23-10-12-30(46-23)32(39)45-28(14-24-25(34)18-38(41)19-26(24)35)21-9-11-27(42-2)29(13-21)43-3/h4-13,18-19,22,28,31,36H,14-17H2,1-3H3/t28-,31?/m0/s1. The number of hydrogen-bond donors (Lipinski definition) is 1. The topological polar surface area (TPSA) is 113 Å².